The van der Waals surface area contributed by atoms with E-state index in [1.807, 2.05) is 19.6 Å². The van der Waals surface area contributed by atoms with Crippen LogP contribution in [0.4, 0.5) is 4.79 Å². The molecule has 0 aromatic carbocycles. The molecule has 0 radical (unpaired) electrons. The third-order valence-electron chi connectivity index (χ3n) is 2.37. The van der Waals surface area contributed by atoms with Gasteiger partial charge in [-0.25, -0.2) is 4.79 Å². The first kappa shape index (κ1) is 15.5. The van der Waals surface area contributed by atoms with Crippen molar-refractivity contribution in [3.63, 3.8) is 0 Å². The molecule has 0 amide bonds. The summed E-state index contributed by atoms with van der Waals surface area (Å²) in [6, 6.07) is 0. The third-order valence-corrected chi connectivity index (χ3v) is 3.15. The lowest BCUT2D eigenvalue weighted by atomic mass is 10.0. The maximum Gasteiger partial charge on any atom is 0.494 e. The molecule has 1 unspecified atom stereocenters. The van der Waals surface area contributed by atoms with Gasteiger partial charge >= 0.3 is 6.16 Å². The summed E-state index contributed by atoms with van der Waals surface area (Å²) in [5.41, 5.74) is 0. The lowest BCUT2D eigenvalue weighted by Crippen LogP contribution is -2.30. The van der Waals surface area contributed by atoms with E-state index in [9.17, 15) is 4.79 Å². The SMILES string of the molecule is CCCCC(CC)COC(=O)O[Si](C)(C)C. The Morgan fingerprint density at radius 2 is 1.88 bits per heavy atom. The minimum atomic E-state index is -1.80. The van der Waals surface area contributed by atoms with Gasteiger partial charge in [0.1, 0.15) is 0 Å². The van der Waals surface area contributed by atoms with Crippen molar-refractivity contribution in [3.8, 4) is 0 Å². The van der Waals surface area contributed by atoms with Crippen LogP contribution >= 0.6 is 0 Å². The van der Waals surface area contributed by atoms with Crippen LogP contribution in [0.3, 0.4) is 0 Å². The molecule has 0 heterocycles. The fourth-order valence-corrected chi connectivity index (χ4v) is 1.92. The van der Waals surface area contributed by atoms with Gasteiger partial charge in [0.25, 0.3) is 8.32 Å². The summed E-state index contributed by atoms with van der Waals surface area (Å²) in [4.78, 5) is 11.3. The molecule has 1 atom stereocenters. The van der Waals surface area contributed by atoms with Crippen molar-refractivity contribution in [2.45, 2.75) is 59.2 Å². The second-order valence-electron chi connectivity index (χ2n) is 5.19. The average Bonchev–Trinajstić information content (AvgIpc) is 2.15. The molecule has 0 aromatic heterocycles. The van der Waals surface area contributed by atoms with Gasteiger partial charge in [-0.1, -0.05) is 33.1 Å². The van der Waals surface area contributed by atoms with E-state index in [4.69, 9.17) is 9.16 Å². The minimum Gasteiger partial charge on any atom is -0.490 e. The maximum absolute atomic E-state index is 11.3. The fraction of sp³-hybridized carbons (Fsp3) is 0.917. The Bertz CT molecular complexity index is 199. The maximum atomic E-state index is 11.3. The van der Waals surface area contributed by atoms with E-state index in [1.54, 1.807) is 0 Å². The zero-order valence-electron chi connectivity index (χ0n) is 11.3. The Kier molecular flexibility index (Phi) is 7.46. The van der Waals surface area contributed by atoms with Crippen molar-refractivity contribution < 1.29 is 14.0 Å². The number of ether oxygens (including phenoxy) is 1. The van der Waals surface area contributed by atoms with Gasteiger partial charge < -0.3 is 9.16 Å². The molecule has 0 aliphatic carbocycles. The van der Waals surface area contributed by atoms with Crippen LogP contribution in [0.15, 0.2) is 0 Å². The number of hydrogen-bond acceptors (Lipinski definition) is 3. The second-order valence-corrected chi connectivity index (χ2v) is 9.62. The Balaban J connectivity index is 3.79. The first-order valence-electron chi connectivity index (χ1n) is 6.24. The van der Waals surface area contributed by atoms with Crippen LogP contribution in [0, 0.1) is 5.92 Å². The molecule has 0 aromatic rings. The first-order valence-corrected chi connectivity index (χ1v) is 9.65. The van der Waals surface area contributed by atoms with Crippen LogP contribution < -0.4 is 0 Å². The third kappa shape index (κ3) is 8.77. The molecule has 0 aliphatic rings. The lowest BCUT2D eigenvalue weighted by Gasteiger charge is -2.19. The first-order chi connectivity index (χ1) is 7.39. The molecule has 0 saturated carbocycles. The predicted octanol–water partition coefficient (Wildman–Crippen LogP) is 4.19. The summed E-state index contributed by atoms with van der Waals surface area (Å²) in [5.74, 6) is 0.481. The molecule has 3 nitrogen and oxygen atoms in total. The van der Waals surface area contributed by atoms with Crippen molar-refractivity contribution in [1.29, 1.82) is 0 Å². The highest BCUT2D eigenvalue weighted by Gasteiger charge is 2.21. The number of hydrogen-bond donors (Lipinski definition) is 0. The summed E-state index contributed by atoms with van der Waals surface area (Å²) >= 11 is 0. The van der Waals surface area contributed by atoms with Crippen LogP contribution in [0.2, 0.25) is 19.6 Å². The predicted molar refractivity (Wildman–Crippen MR) is 69.1 cm³/mol. The summed E-state index contributed by atoms with van der Waals surface area (Å²) in [7, 11) is -1.80. The molecule has 0 N–H and O–H groups in total. The molecule has 0 bridgehead atoms. The van der Waals surface area contributed by atoms with Crippen LogP contribution in [-0.2, 0) is 9.16 Å². The standard InChI is InChI=1S/C12H26O3Si/c1-6-8-9-11(7-2)10-14-12(13)15-16(3,4)5/h11H,6-10H2,1-5H3. The van der Waals surface area contributed by atoms with Gasteiger partial charge in [-0.3, -0.25) is 0 Å². The summed E-state index contributed by atoms with van der Waals surface area (Å²) in [6.45, 7) is 10.7. The minimum absolute atomic E-state index is 0.481. The number of rotatable bonds is 7. The highest BCUT2D eigenvalue weighted by atomic mass is 28.4. The van der Waals surface area contributed by atoms with Crippen LogP contribution in [0.5, 0.6) is 0 Å². The molecular formula is C12H26O3Si. The van der Waals surface area contributed by atoms with E-state index in [1.165, 1.54) is 12.8 Å². The van der Waals surface area contributed by atoms with Gasteiger partial charge in [-0.05, 0) is 32.0 Å². The van der Waals surface area contributed by atoms with E-state index in [-0.39, 0.29) is 0 Å². The van der Waals surface area contributed by atoms with E-state index in [2.05, 4.69) is 13.8 Å². The van der Waals surface area contributed by atoms with E-state index >= 15 is 0 Å². The highest BCUT2D eigenvalue weighted by molar-refractivity contribution is 6.71. The molecule has 0 aliphatic heterocycles. The van der Waals surface area contributed by atoms with Gasteiger partial charge in [0.2, 0.25) is 0 Å². The monoisotopic (exact) mass is 246 g/mol. The van der Waals surface area contributed by atoms with E-state index < -0.39 is 14.5 Å². The molecule has 16 heavy (non-hydrogen) atoms. The van der Waals surface area contributed by atoms with Gasteiger partial charge in [0.15, 0.2) is 0 Å². The fourth-order valence-electron chi connectivity index (χ4n) is 1.36. The van der Waals surface area contributed by atoms with Crippen molar-refractivity contribution >= 4 is 14.5 Å². The molecule has 4 heteroatoms. The average molecular weight is 246 g/mol. The van der Waals surface area contributed by atoms with Gasteiger partial charge in [-0.15, -0.1) is 0 Å². The van der Waals surface area contributed by atoms with E-state index in [0.717, 1.165) is 12.8 Å². The molecular weight excluding hydrogens is 220 g/mol. The smallest absolute Gasteiger partial charge is 0.490 e. The Labute approximate surface area is 101 Å². The molecule has 0 spiro atoms. The lowest BCUT2D eigenvalue weighted by molar-refractivity contribution is 0.0793. The summed E-state index contributed by atoms with van der Waals surface area (Å²) in [6.07, 6.45) is 4.09. The largest absolute Gasteiger partial charge is 0.494 e. The zero-order valence-corrected chi connectivity index (χ0v) is 12.3. The van der Waals surface area contributed by atoms with Gasteiger partial charge in [0.05, 0.1) is 6.61 Å². The number of unbranched alkanes of at least 4 members (excludes halogenated alkanes) is 1. The van der Waals surface area contributed by atoms with Crippen molar-refractivity contribution in [2.24, 2.45) is 5.92 Å². The van der Waals surface area contributed by atoms with Crippen molar-refractivity contribution in [3.05, 3.63) is 0 Å². The van der Waals surface area contributed by atoms with Crippen LogP contribution in [-0.4, -0.2) is 21.1 Å². The van der Waals surface area contributed by atoms with Crippen molar-refractivity contribution in [1.82, 2.24) is 0 Å². The van der Waals surface area contributed by atoms with Crippen molar-refractivity contribution in [2.75, 3.05) is 6.61 Å². The zero-order chi connectivity index (χ0) is 12.6. The molecule has 0 fully saturated rings. The number of carbonyl (C=O) groups is 1. The normalized spacial score (nSPS) is 13.3. The molecule has 96 valence electrons. The Morgan fingerprint density at radius 1 is 1.25 bits per heavy atom. The Morgan fingerprint density at radius 3 is 2.31 bits per heavy atom. The molecule has 0 saturated heterocycles. The van der Waals surface area contributed by atoms with Gasteiger partial charge in [-0.2, -0.15) is 0 Å². The van der Waals surface area contributed by atoms with Gasteiger partial charge in [0, 0.05) is 0 Å². The topological polar surface area (TPSA) is 35.5 Å². The van der Waals surface area contributed by atoms with Crippen LogP contribution in [0.25, 0.3) is 0 Å². The second kappa shape index (κ2) is 7.71. The molecule has 0 rings (SSSR count). The summed E-state index contributed by atoms with van der Waals surface area (Å²) in [5, 5.41) is 0. The highest BCUT2D eigenvalue weighted by Crippen LogP contribution is 2.13. The van der Waals surface area contributed by atoms with E-state index in [0.29, 0.717) is 12.5 Å². The quantitative estimate of drug-likeness (QED) is 0.499. The Hall–Kier alpha value is -0.513. The number of carbonyl (C=O) groups excluding carboxylic acids is 1. The van der Waals surface area contributed by atoms with Crippen LogP contribution in [0.1, 0.15) is 39.5 Å². The summed E-state index contributed by atoms with van der Waals surface area (Å²) < 4.78 is 10.4.